The van der Waals surface area contributed by atoms with Gasteiger partial charge in [0.15, 0.2) is 0 Å². The third-order valence-electron chi connectivity index (χ3n) is 4.16. The minimum Gasteiger partial charge on any atom is -0.338 e. The van der Waals surface area contributed by atoms with E-state index in [0.29, 0.717) is 18.5 Å². The molecule has 3 amide bonds. The fourth-order valence-corrected chi connectivity index (χ4v) is 2.79. The summed E-state index contributed by atoms with van der Waals surface area (Å²) in [7, 11) is 1.99. The number of imide groups is 1. The second-order valence-corrected chi connectivity index (χ2v) is 5.37. The fourth-order valence-electron chi connectivity index (χ4n) is 2.79. The van der Waals surface area contributed by atoms with Gasteiger partial charge in [-0.15, -0.1) is 0 Å². The number of urea groups is 1. The molecular formula is C14H28N4O2. The zero-order chi connectivity index (χ0) is 15.1. The summed E-state index contributed by atoms with van der Waals surface area (Å²) in [5.74, 6) is 0.321. The van der Waals surface area contributed by atoms with Crippen molar-refractivity contribution >= 4 is 11.9 Å². The summed E-state index contributed by atoms with van der Waals surface area (Å²) < 4.78 is 0. The van der Waals surface area contributed by atoms with E-state index in [4.69, 9.17) is 0 Å². The maximum absolute atomic E-state index is 12.0. The van der Waals surface area contributed by atoms with Gasteiger partial charge in [-0.05, 0) is 33.2 Å². The molecule has 0 aromatic heterocycles. The van der Waals surface area contributed by atoms with Crippen LogP contribution in [0.5, 0.6) is 0 Å². The number of nitrogens with one attached hydrogen (secondary N) is 3. The summed E-state index contributed by atoms with van der Waals surface area (Å²) in [5.41, 5.74) is 0. The van der Waals surface area contributed by atoms with E-state index in [1.54, 1.807) is 0 Å². The topological polar surface area (TPSA) is 73.5 Å². The van der Waals surface area contributed by atoms with Crippen LogP contribution in [0.3, 0.4) is 0 Å². The van der Waals surface area contributed by atoms with Gasteiger partial charge >= 0.3 is 6.03 Å². The van der Waals surface area contributed by atoms with Gasteiger partial charge in [0.1, 0.15) is 0 Å². The van der Waals surface area contributed by atoms with Crippen molar-refractivity contribution in [2.45, 2.75) is 45.7 Å². The molecule has 0 aliphatic carbocycles. The molecule has 20 heavy (non-hydrogen) atoms. The molecule has 1 fully saturated rings. The number of carbonyl (C=O) groups is 2. The zero-order valence-electron chi connectivity index (χ0n) is 13.0. The van der Waals surface area contributed by atoms with Gasteiger partial charge in [0, 0.05) is 25.7 Å². The quantitative estimate of drug-likeness (QED) is 0.689. The highest BCUT2D eigenvalue weighted by molar-refractivity contribution is 5.96. The number of amides is 3. The Morgan fingerprint density at radius 2 is 2.05 bits per heavy atom. The van der Waals surface area contributed by atoms with Crippen molar-refractivity contribution < 1.29 is 9.59 Å². The second-order valence-electron chi connectivity index (χ2n) is 5.37. The number of nitrogens with zero attached hydrogens (tertiary/aromatic N) is 1. The smallest absolute Gasteiger partial charge is 0.321 e. The molecule has 1 heterocycles. The first-order valence-corrected chi connectivity index (χ1v) is 7.53. The lowest BCUT2D eigenvalue weighted by molar-refractivity contribution is -0.125. The molecule has 1 aliphatic heterocycles. The summed E-state index contributed by atoms with van der Waals surface area (Å²) in [6, 6.07) is -0.166. The molecule has 0 aromatic rings. The normalized spacial score (nSPS) is 25.0. The van der Waals surface area contributed by atoms with Crippen LogP contribution >= 0.6 is 0 Å². The van der Waals surface area contributed by atoms with Gasteiger partial charge in [-0.1, -0.05) is 13.3 Å². The maximum Gasteiger partial charge on any atom is 0.321 e. The molecule has 0 spiro atoms. The van der Waals surface area contributed by atoms with Gasteiger partial charge in [-0.3, -0.25) is 15.0 Å². The van der Waals surface area contributed by atoms with E-state index < -0.39 is 6.03 Å². The number of carbonyl (C=O) groups excluding carboxylic acids is 2. The minimum absolute atomic E-state index is 0.228. The third-order valence-corrected chi connectivity index (χ3v) is 4.16. The van der Waals surface area contributed by atoms with E-state index in [2.05, 4.69) is 27.8 Å². The Morgan fingerprint density at radius 3 is 2.60 bits per heavy atom. The van der Waals surface area contributed by atoms with Crippen LogP contribution in [-0.2, 0) is 4.79 Å². The predicted molar refractivity (Wildman–Crippen MR) is 79.5 cm³/mol. The van der Waals surface area contributed by atoms with Crippen molar-refractivity contribution in [1.29, 1.82) is 0 Å². The molecule has 0 radical (unpaired) electrons. The molecule has 3 atom stereocenters. The Morgan fingerprint density at radius 1 is 1.35 bits per heavy atom. The third kappa shape index (κ3) is 4.45. The van der Waals surface area contributed by atoms with Gasteiger partial charge in [0.05, 0.1) is 6.04 Å². The van der Waals surface area contributed by atoms with Crippen molar-refractivity contribution in [3.63, 3.8) is 0 Å². The summed E-state index contributed by atoms with van der Waals surface area (Å²) in [6.07, 6.45) is 2.13. The van der Waals surface area contributed by atoms with Crippen LogP contribution in [0.4, 0.5) is 4.79 Å². The van der Waals surface area contributed by atoms with Gasteiger partial charge in [0.25, 0.3) is 0 Å². The Balaban J connectivity index is 2.52. The largest absolute Gasteiger partial charge is 0.338 e. The average Bonchev–Trinajstić information content (AvgIpc) is 2.45. The molecule has 116 valence electrons. The van der Waals surface area contributed by atoms with E-state index in [-0.39, 0.29) is 11.9 Å². The number of hydrogen-bond acceptors (Lipinski definition) is 4. The van der Waals surface area contributed by atoms with Crippen LogP contribution < -0.4 is 16.0 Å². The zero-order valence-corrected chi connectivity index (χ0v) is 13.0. The fraction of sp³-hybridized carbons (Fsp3) is 0.857. The SMILES string of the molecule is CCNC(=O)NC(=O)C(C)N1CCC(NC)C(CC)C1. The number of rotatable bonds is 5. The monoisotopic (exact) mass is 284 g/mol. The highest BCUT2D eigenvalue weighted by atomic mass is 16.2. The van der Waals surface area contributed by atoms with E-state index in [1.807, 2.05) is 20.9 Å². The Labute approximate surface area is 121 Å². The molecule has 3 N–H and O–H groups in total. The Kier molecular flexibility index (Phi) is 6.95. The lowest BCUT2D eigenvalue weighted by atomic mass is 9.89. The summed E-state index contributed by atoms with van der Waals surface area (Å²) in [5, 5.41) is 8.31. The average molecular weight is 284 g/mol. The van der Waals surface area contributed by atoms with Crippen molar-refractivity contribution in [2.24, 2.45) is 5.92 Å². The first kappa shape index (κ1) is 16.9. The lowest BCUT2D eigenvalue weighted by Crippen LogP contribution is -2.55. The van der Waals surface area contributed by atoms with E-state index in [9.17, 15) is 9.59 Å². The van der Waals surface area contributed by atoms with Crippen molar-refractivity contribution in [3.8, 4) is 0 Å². The first-order valence-electron chi connectivity index (χ1n) is 7.53. The summed E-state index contributed by atoms with van der Waals surface area (Å²) in [4.78, 5) is 25.6. The van der Waals surface area contributed by atoms with Gasteiger partial charge < -0.3 is 10.6 Å². The van der Waals surface area contributed by atoms with E-state index >= 15 is 0 Å². The molecule has 0 bridgehead atoms. The molecule has 3 unspecified atom stereocenters. The van der Waals surface area contributed by atoms with Crippen molar-refractivity contribution in [2.75, 3.05) is 26.7 Å². The van der Waals surface area contributed by atoms with Crippen LogP contribution in [0.15, 0.2) is 0 Å². The second kappa shape index (κ2) is 8.21. The Hall–Kier alpha value is -1.14. The summed E-state index contributed by atoms with van der Waals surface area (Å²) >= 11 is 0. The maximum atomic E-state index is 12.0. The standard InChI is InChI=1S/C14H28N4O2/c1-5-11-9-18(8-7-12(11)15-4)10(3)13(19)17-14(20)16-6-2/h10-12,15H,5-9H2,1-4H3,(H2,16,17,19,20). The Bertz CT molecular complexity index is 335. The predicted octanol–water partition coefficient (Wildman–Crippen LogP) is 0.541. The molecule has 1 rings (SSSR count). The highest BCUT2D eigenvalue weighted by Crippen LogP contribution is 2.21. The molecule has 0 saturated carbocycles. The van der Waals surface area contributed by atoms with Crippen LogP contribution in [-0.4, -0.2) is 55.6 Å². The van der Waals surface area contributed by atoms with E-state index in [0.717, 1.165) is 25.9 Å². The van der Waals surface area contributed by atoms with Crippen LogP contribution in [0, 0.1) is 5.92 Å². The number of likely N-dealkylation sites (tertiary alicyclic amines) is 1. The highest BCUT2D eigenvalue weighted by Gasteiger charge is 2.31. The lowest BCUT2D eigenvalue weighted by Gasteiger charge is -2.40. The van der Waals surface area contributed by atoms with Crippen LogP contribution in [0.1, 0.15) is 33.6 Å². The van der Waals surface area contributed by atoms with Crippen molar-refractivity contribution in [1.82, 2.24) is 20.9 Å². The molecule has 6 nitrogen and oxygen atoms in total. The van der Waals surface area contributed by atoms with Gasteiger partial charge in [-0.2, -0.15) is 0 Å². The van der Waals surface area contributed by atoms with Gasteiger partial charge in [-0.25, -0.2) is 4.79 Å². The molecule has 0 aromatic carbocycles. The van der Waals surface area contributed by atoms with Crippen molar-refractivity contribution in [3.05, 3.63) is 0 Å². The molecule has 1 saturated heterocycles. The molecule has 6 heteroatoms. The van der Waals surface area contributed by atoms with Crippen LogP contribution in [0.2, 0.25) is 0 Å². The number of hydrogen-bond donors (Lipinski definition) is 3. The van der Waals surface area contributed by atoms with E-state index in [1.165, 1.54) is 0 Å². The minimum atomic E-state index is -0.415. The number of piperidine rings is 1. The van der Waals surface area contributed by atoms with Crippen LogP contribution in [0.25, 0.3) is 0 Å². The molecular weight excluding hydrogens is 256 g/mol. The molecule has 1 aliphatic rings. The summed E-state index contributed by atoms with van der Waals surface area (Å²) in [6.45, 7) is 8.15. The first-order chi connectivity index (χ1) is 9.53. The van der Waals surface area contributed by atoms with Gasteiger partial charge in [0.2, 0.25) is 5.91 Å².